The van der Waals surface area contributed by atoms with Gasteiger partial charge in [-0.1, -0.05) is 0 Å². The number of nitrogens with zero attached hydrogens (tertiary/aromatic N) is 1. The van der Waals surface area contributed by atoms with Crippen LogP contribution < -0.4 is 0 Å². The van der Waals surface area contributed by atoms with Gasteiger partial charge in [-0.25, -0.2) is 0 Å². The Balaban J connectivity index is 0.000000412. The Morgan fingerprint density at radius 1 is 1.17 bits per heavy atom. The molecule has 3 aliphatic rings. The molecule has 1 saturated heterocycles. The van der Waals surface area contributed by atoms with E-state index in [-0.39, 0.29) is 29.1 Å². The fraction of sp³-hybridized carbons (Fsp3) is 0.421. The normalized spacial score (nSPS) is 26.0. The van der Waals surface area contributed by atoms with Crippen molar-refractivity contribution in [3.05, 3.63) is 62.1 Å². The SMILES string of the molecule is C[C@@H]([C]1[CH][CH][CH][C]1[Se]CC1CCC(=O)O1)N(C)C.[CH]1[CH][CH][CH][CH]1.[Fe+2]. The van der Waals surface area contributed by atoms with Gasteiger partial charge >= 0.3 is 134 Å². The number of esters is 1. The van der Waals surface area contributed by atoms with E-state index in [0.29, 0.717) is 27.4 Å². The average Bonchev–Trinajstić information content (AvgIpc) is 3.27. The van der Waals surface area contributed by atoms with Crippen molar-refractivity contribution in [2.45, 2.75) is 37.2 Å². The van der Waals surface area contributed by atoms with Crippen LogP contribution in [0.3, 0.4) is 0 Å². The zero-order valence-electron chi connectivity index (χ0n) is 14.4. The van der Waals surface area contributed by atoms with Crippen LogP contribution in [0.2, 0.25) is 5.32 Å². The van der Waals surface area contributed by atoms with Crippen molar-refractivity contribution < 1.29 is 26.6 Å². The fourth-order valence-corrected chi connectivity index (χ4v) is 4.85. The van der Waals surface area contributed by atoms with Gasteiger partial charge in [-0.3, -0.25) is 0 Å². The molecule has 2 saturated carbocycles. The van der Waals surface area contributed by atoms with Crippen LogP contribution >= 0.6 is 0 Å². The van der Waals surface area contributed by atoms with Crippen LogP contribution in [-0.4, -0.2) is 52.1 Å². The van der Waals surface area contributed by atoms with E-state index in [2.05, 4.69) is 45.2 Å². The van der Waals surface area contributed by atoms with Gasteiger partial charge in [-0.05, 0) is 32.1 Å². The second-order valence-electron chi connectivity index (χ2n) is 5.91. The second-order valence-corrected chi connectivity index (χ2v) is 8.14. The predicted molar refractivity (Wildman–Crippen MR) is 93.7 cm³/mol. The average molecular weight is 434 g/mol. The Morgan fingerprint density at radius 2 is 1.79 bits per heavy atom. The summed E-state index contributed by atoms with van der Waals surface area (Å²) in [5, 5.41) is 1.01. The minimum Gasteiger partial charge on any atom is -0.0312 e. The van der Waals surface area contributed by atoms with Crippen LogP contribution in [0.4, 0.5) is 0 Å². The van der Waals surface area contributed by atoms with Gasteiger partial charge in [0.1, 0.15) is 0 Å². The van der Waals surface area contributed by atoms with E-state index < -0.39 is 0 Å². The smallest absolute Gasteiger partial charge is 0.0312 e. The first kappa shape index (κ1) is 22.5. The topological polar surface area (TPSA) is 29.5 Å². The maximum atomic E-state index is 11.1. The summed E-state index contributed by atoms with van der Waals surface area (Å²) in [6.45, 7) is 2.23. The first-order chi connectivity index (χ1) is 11.1. The Kier molecular flexibility index (Phi) is 11.2. The minimum absolute atomic E-state index is 0. The molecule has 1 heterocycles. The van der Waals surface area contributed by atoms with Crippen LogP contribution in [0, 0.1) is 62.1 Å². The third kappa shape index (κ3) is 7.38. The molecule has 10 radical (unpaired) electrons. The standard InChI is InChI=1S/C14H20NO2Se.C5H5.Fe/c1-10(15(2)3)12-5-4-6-13(12)18-9-11-7-8-14(16)17-11;1-2-4-5-3-1;/h4-6,10-11H,7-9H2,1-3H3;1-5H;/q;;+2/t10-,11?;;/m0../s1. The molecule has 5 heteroatoms. The molecule has 0 aromatic heterocycles. The molecule has 0 amide bonds. The zero-order chi connectivity index (χ0) is 16.7. The molecule has 2 atom stereocenters. The van der Waals surface area contributed by atoms with Gasteiger partial charge in [0.25, 0.3) is 0 Å². The number of cyclic esters (lactones) is 1. The maximum absolute atomic E-state index is 11.1. The Bertz CT molecular complexity index is 356. The molecular formula is C19H25FeNO2Se+2. The maximum Gasteiger partial charge on any atom is 2.00 e. The number of carbonyl (C=O) groups excluding carboxylic acids is 1. The molecule has 130 valence electrons. The zero-order valence-corrected chi connectivity index (χ0v) is 17.2. The van der Waals surface area contributed by atoms with Gasteiger partial charge in [-0.2, -0.15) is 0 Å². The van der Waals surface area contributed by atoms with Crippen molar-refractivity contribution in [1.82, 2.24) is 4.90 Å². The van der Waals surface area contributed by atoms with Gasteiger partial charge in [0.15, 0.2) is 0 Å². The van der Waals surface area contributed by atoms with E-state index in [1.165, 1.54) is 10.7 Å². The third-order valence-corrected chi connectivity index (χ3v) is 6.54. The second kappa shape index (κ2) is 12.0. The first-order valence-corrected chi connectivity index (χ1v) is 10.1. The van der Waals surface area contributed by atoms with E-state index in [0.717, 1.165) is 11.7 Å². The summed E-state index contributed by atoms with van der Waals surface area (Å²) in [6.07, 6.45) is 18.2. The van der Waals surface area contributed by atoms with Crippen molar-refractivity contribution >= 4 is 20.9 Å². The molecule has 1 unspecified atom stereocenters. The quantitative estimate of drug-likeness (QED) is 0.492. The molecule has 0 N–H and O–H groups in total. The number of hydrogen-bond donors (Lipinski definition) is 0. The number of rotatable bonds is 5. The Labute approximate surface area is 165 Å². The van der Waals surface area contributed by atoms with Crippen LogP contribution in [0.1, 0.15) is 19.8 Å². The summed E-state index contributed by atoms with van der Waals surface area (Å²) in [5.74, 6) is 1.39. The summed E-state index contributed by atoms with van der Waals surface area (Å²) in [6, 6.07) is 0.447. The van der Waals surface area contributed by atoms with Gasteiger partial charge < -0.3 is 0 Å². The number of carbonyl (C=O) groups is 1. The summed E-state index contributed by atoms with van der Waals surface area (Å²) >= 11 is 0.401. The molecule has 0 aromatic carbocycles. The fourth-order valence-electron chi connectivity index (χ4n) is 2.38. The molecular weight excluding hydrogens is 409 g/mol. The molecule has 0 spiro atoms. The van der Waals surface area contributed by atoms with E-state index in [1.807, 2.05) is 32.1 Å². The molecule has 1 aliphatic heterocycles. The van der Waals surface area contributed by atoms with Gasteiger partial charge in [-0.15, -0.1) is 0 Å². The van der Waals surface area contributed by atoms with E-state index in [4.69, 9.17) is 4.74 Å². The molecule has 0 aromatic rings. The van der Waals surface area contributed by atoms with E-state index >= 15 is 0 Å². The molecule has 3 rings (SSSR count). The summed E-state index contributed by atoms with van der Waals surface area (Å²) in [7, 11) is 4.21. The Morgan fingerprint density at radius 3 is 2.29 bits per heavy atom. The molecule has 24 heavy (non-hydrogen) atoms. The monoisotopic (exact) mass is 435 g/mol. The summed E-state index contributed by atoms with van der Waals surface area (Å²) < 4.78 is 5.27. The van der Waals surface area contributed by atoms with E-state index in [9.17, 15) is 4.79 Å². The minimum atomic E-state index is -0.0276. The number of hydrogen-bond acceptors (Lipinski definition) is 3. The number of ether oxygens (including phenoxy) is 1. The molecule has 3 fully saturated rings. The van der Waals surface area contributed by atoms with Gasteiger partial charge in [0.05, 0.1) is 0 Å². The largest absolute Gasteiger partial charge is 2.00 e. The van der Waals surface area contributed by atoms with E-state index in [1.54, 1.807) is 0 Å². The van der Waals surface area contributed by atoms with Crippen molar-refractivity contribution in [3.63, 3.8) is 0 Å². The summed E-state index contributed by atoms with van der Waals surface area (Å²) in [4.78, 5) is 14.7. The Hall–Kier alpha value is 0.469. The molecule has 3 nitrogen and oxygen atoms in total. The van der Waals surface area contributed by atoms with Crippen LogP contribution in [0.25, 0.3) is 0 Å². The van der Waals surface area contributed by atoms with Gasteiger partial charge in [0, 0.05) is 0 Å². The van der Waals surface area contributed by atoms with Crippen molar-refractivity contribution in [3.8, 4) is 0 Å². The van der Waals surface area contributed by atoms with Crippen LogP contribution in [0.5, 0.6) is 0 Å². The van der Waals surface area contributed by atoms with Crippen molar-refractivity contribution in [2.24, 2.45) is 0 Å². The van der Waals surface area contributed by atoms with Gasteiger partial charge in [0.2, 0.25) is 0 Å². The van der Waals surface area contributed by atoms with Crippen molar-refractivity contribution in [2.75, 3.05) is 14.1 Å². The van der Waals surface area contributed by atoms with Crippen molar-refractivity contribution in [1.29, 1.82) is 0 Å². The predicted octanol–water partition coefficient (Wildman–Crippen LogP) is 2.52. The first-order valence-electron chi connectivity index (χ1n) is 7.99. The summed E-state index contributed by atoms with van der Waals surface area (Å²) in [5.41, 5.74) is 0. The molecule has 2 aliphatic carbocycles. The third-order valence-electron chi connectivity index (χ3n) is 3.98. The van der Waals surface area contributed by atoms with Crippen LogP contribution in [0.15, 0.2) is 0 Å². The van der Waals surface area contributed by atoms with Crippen LogP contribution in [-0.2, 0) is 26.6 Å². The molecule has 0 bridgehead atoms.